The first-order valence-corrected chi connectivity index (χ1v) is 12.3. The van der Waals surface area contributed by atoms with Crippen molar-refractivity contribution in [1.29, 1.82) is 0 Å². The Morgan fingerprint density at radius 1 is 1.03 bits per heavy atom. The van der Waals surface area contributed by atoms with Crippen LogP contribution >= 0.6 is 0 Å². The molecule has 3 N–H and O–H groups in total. The van der Waals surface area contributed by atoms with E-state index >= 15 is 0 Å². The van der Waals surface area contributed by atoms with E-state index in [0.29, 0.717) is 5.95 Å². The number of hydrogen-bond donors (Lipinski definition) is 3. The number of aryl methyl sites for hydroxylation is 1. The van der Waals surface area contributed by atoms with Crippen LogP contribution in [-0.2, 0) is 6.42 Å². The summed E-state index contributed by atoms with van der Waals surface area (Å²) in [6, 6.07) is 22.5. The first-order valence-electron chi connectivity index (χ1n) is 12.3. The lowest BCUT2D eigenvalue weighted by Gasteiger charge is -2.31. The molecule has 6 nitrogen and oxygen atoms in total. The second-order valence-corrected chi connectivity index (χ2v) is 10.5. The second-order valence-electron chi connectivity index (χ2n) is 10.5. The molecule has 6 heteroatoms. The number of carbonyl (C=O) groups is 1. The van der Waals surface area contributed by atoms with Crippen LogP contribution in [0.15, 0.2) is 72.9 Å². The van der Waals surface area contributed by atoms with Crippen molar-refractivity contribution >= 4 is 22.9 Å². The summed E-state index contributed by atoms with van der Waals surface area (Å²) in [4.78, 5) is 20.6. The van der Waals surface area contributed by atoms with Crippen LogP contribution in [0.25, 0.3) is 22.0 Å². The number of aromatic nitrogens is 2. The third kappa shape index (κ3) is 6.00. The number of amides is 1. The van der Waals surface area contributed by atoms with E-state index in [2.05, 4.69) is 71.9 Å². The fraction of sp³-hybridized carbons (Fsp3) is 0.300. The van der Waals surface area contributed by atoms with Crippen LogP contribution < -0.4 is 10.6 Å². The minimum atomic E-state index is -1.02. The van der Waals surface area contributed by atoms with Gasteiger partial charge in [0.15, 0.2) is 0 Å². The number of nitrogens with one attached hydrogen (secondary N) is 2. The molecule has 3 aromatic carbocycles. The van der Waals surface area contributed by atoms with E-state index < -0.39 is 6.09 Å². The van der Waals surface area contributed by atoms with Gasteiger partial charge < -0.3 is 15.7 Å². The Morgan fingerprint density at radius 2 is 1.81 bits per heavy atom. The highest BCUT2D eigenvalue weighted by Gasteiger charge is 2.28. The number of anilines is 1. The molecule has 186 valence electrons. The van der Waals surface area contributed by atoms with Crippen molar-refractivity contribution in [2.24, 2.45) is 5.41 Å². The smallest absolute Gasteiger partial charge is 0.405 e. The van der Waals surface area contributed by atoms with Crippen molar-refractivity contribution in [2.75, 3.05) is 5.32 Å². The van der Waals surface area contributed by atoms with Gasteiger partial charge in [-0.2, -0.15) is 0 Å². The molecule has 0 aliphatic carbocycles. The maximum absolute atomic E-state index is 11.4. The number of nitrogens with zero attached hydrogens (tertiary/aromatic N) is 2. The quantitative estimate of drug-likeness (QED) is 0.264. The first kappa shape index (κ1) is 25.2. The number of hydrogen-bond acceptors (Lipinski definition) is 4. The van der Waals surface area contributed by atoms with Crippen LogP contribution in [0.4, 0.5) is 10.7 Å². The molecule has 0 aliphatic rings. The van der Waals surface area contributed by atoms with E-state index in [-0.39, 0.29) is 17.5 Å². The zero-order chi connectivity index (χ0) is 25.9. The molecule has 0 bridgehead atoms. The maximum atomic E-state index is 11.4. The molecule has 0 saturated heterocycles. The summed E-state index contributed by atoms with van der Waals surface area (Å²) in [6.45, 7) is 10.3. The Labute approximate surface area is 212 Å². The van der Waals surface area contributed by atoms with Crippen molar-refractivity contribution in [3.05, 3.63) is 89.6 Å². The number of fused-ring (bicyclic) bond motifs is 1. The van der Waals surface area contributed by atoms with E-state index in [1.165, 1.54) is 11.1 Å². The molecule has 0 saturated carbocycles. The summed E-state index contributed by atoms with van der Waals surface area (Å²) in [7, 11) is 0. The molecule has 0 radical (unpaired) electrons. The van der Waals surface area contributed by atoms with Gasteiger partial charge in [-0.25, -0.2) is 14.8 Å². The van der Waals surface area contributed by atoms with Gasteiger partial charge in [0.25, 0.3) is 0 Å². The Balaban J connectivity index is 1.48. The summed E-state index contributed by atoms with van der Waals surface area (Å²) >= 11 is 0. The van der Waals surface area contributed by atoms with E-state index in [4.69, 9.17) is 4.98 Å². The van der Waals surface area contributed by atoms with Crippen molar-refractivity contribution in [3.8, 4) is 11.1 Å². The highest BCUT2D eigenvalue weighted by atomic mass is 16.4. The van der Waals surface area contributed by atoms with E-state index in [1.54, 1.807) is 0 Å². The number of benzene rings is 3. The molecule has 1 aromatic heterocycles. The van der Waals surface area contributed by atoms with Gasteiger partial charge >= 0.3 is 6.09 Å². The van der Waals surface area contributed by atoms with E-state index in [0.717, 1.165) is 34.0 Å². The third-order valence-electron chi connectivity index (χ3n) is 6.37. The lowest BCUT2D eigenvalue weighted by Crippen LogP contribution is -2.35. The lowest BCUT2D eigenvalue weighted by atomic mass is 9.82. The van der Waals surface area contributed by atoms with Crippen LogP contribution in [0.1, 0.15) is 50.4 Å². The normalized spacial score (nSPS) is 13.2. The number of carboxylic acid groups (broad SMARTS) is 1. The van der Waals surface area contributed by atoms with Crippen LogP contribution in [0.2, 0.25) is 0 Å². The molecule has 0 aliphatic heterocycles. The van der Waals surface area contributed by atoms with Crippen molar-refractivity contribution in [3.63, 3.8) is 0 Å². The molecular formula is C30H34N4O2. The van der Waals surface area contributed by atoms with Gasteiger partial charge in [-0.3, -0.25) is 0 Å². The van der Waals surface area contributed by atoms with Crippen LogP contribution in [0.3, 0.4) is 0 Å². The van der Waals surface area contributed by atoms with E-state index in [9.17, 15) is 9.90 Å². The van der Waals surface area contributed by atoms with Gasteiger partial charge in [-0.05, 0) is 65.6 Å². The highest BCUT2D eigenvalue weighted by Crippen LogP contribution is 2.33. The molecule has 1 heterocycles. The maximum Gasteiger partial charge on any atom is 0.405 e. The third-order valence-corrected chi connectivity index (χ3v) is 6.37. The molecule has 0 spiro atoms. The first-order chi connectivity index (χ1) is 17.1. The predicted octanol–water partition coefficient (Wildman–Crippen LogP) is 7.00. The Bertz CT molecular complexity index is 1380. The monoisotopic (exact) mass is 482 g/mol. The Hall–Kier alpha value is -3.93. The highest BCUT2D eigenvalue weighted by molar-refractivity contribution is 5.85. The Kier molecular flexibility index (Phi) is 7.25. The Morgan fingerprint density at radius 3 is 2.53 bits per heavy atom. The molecule has 2 unspecified atom stereocenters. The van der Waals surface area contributed by atoms with Gasteiger partial charge in [0, 0.05) is 17.6 Å². The summed E-state index contributed by atoms with van der Waals surface area (Å²) in [6.07, 6.45) is 1.60. The standard InChI is InChI=1S/C30H34N4O2/c1-19-9-6-7-12-25(19)22-13-14-26-24(17-22)18-31-28(33-26)32-20(2)15-21-10-8-11-23(16-21)27(30(3,4)5)34-29(35)36/h6-14,16-18,20,27,34H,15H2,1-5H3,(H,35,36)(H,31,32,33). The summed E-state index contributed by atoms with van der Waals surface area (Å²) in [5.41, 5.74) is 6.33. The fourth-order valence-electron chi connectivity index (χ4n) is 4.62. The molecule has 4 aromatic rings. The minimum absolute atomic E-state index is 0.0875. The SMILES string of the molecule is Cc1ccccc1-c1ccc2nc(NC(C)Cc3cccc(C(NC(=O)O)C(C)(C)C)c3)ncc2c1. The van der Waals surface area contributed by atoms with Gasteiger partial charge in [0.2, 0.25) is 5.95 Å². The molecular weight excluding hydrogens is 448 g/mol. The molecule has 0 fully saturated rings. The van der Waals surface area contributed by atoms with E-state index in [1.807, 2.05) is 51.2 Å². The van der Waals surface area contributed by atoms with Crippen molar-refractivity contribution < 1.29 is 9.90 Å². The molecule has 2 atom stereocenters. The summed E-state index contributed by atoms with van der Waals surface area (Å²) in [5.74, 6) is 0.593. The number of rotatable bonds is 7. The van der Waals surface area contributed by atoms with Gasteiger partial charge in [-0.1, -0.05) is 75.4 Å². The zero-order valence-electron chi connectivity index (χ0n) is 21.5. The largest absolute Gasteiger partial charge is 0.465 e. The van der Waals surface area contributed by atoms with Gasteiger partial charge in [0.1, 0.15) is 0 Å². The predicted molar refractivity (Wildman–Crippen MR) is 146 cm³/mol. The van der Waals surface area contributed by atoms with Gasteiger partial charge in [-0.15, -0.1) is 0 Å². The minimum Gasteiger partial charge on any atom is -0.465 e. The zero-order valence-corrected chi connectivity index (χ0v) is 21.5. The average Bonchev–Trinajstić information content (AvgIpc) is 2.82. The summed E-state index contributed by atoms with van der Waals surface area (Å²) in [5, 5.41) is 16.4. The van der Waals surface area contributed by atoms with Crippen molar-refractivity contribution in [2.45, 2.75) is 53.1 Å². The average molecular weight is 483 g/mol. The molecule has 4 rings (SSSR count). The lowest BCUT2D eigenvalue weighted by molar-refractivity contribution is 0.175. The molecule has 1 amide bonds. The van der Waals surface area contributed by atoms with Crippen molar-refractivity contribution in [1.82, 2.24) is 15.3 Å². The molecule has 36 heavy (non-hydrogen) atoms. The second kappa shape index (κ2) is 10.4. The fourth-order valence-corrected chi connectivity index (χ4v) is 4.62. The van der Waals surface area contributed by atoms with Crippen LogP contribution in [-0.4, -0.2) is 27.2 Å². The summed E-state index contributed by atoms with van der Waals surface area (Å²) < 4.78 is 0. The topological polar surface area (TPSA) is 87.1 Å². The van der Waals surface area contributed by atoms with Crippen LogP contribution in [0, 0.1) is 12.3 Å². The van der Waals surface area contributed by atoms with Crippen LogP contribution in [0.5, 0.6) is 0 Å². The van der Waals surface area contributed by atoms with Gasteiger partial charge in [0.05, 0.1) is 11.6 Å².